The first-order valence-corrected chi connectivity index (χ1v) is 12.1. The van der Waals surface area contributed by atoms with Gasteiger partial charge in [0, 0.05) is 62.4 Å². The summed E-state index contributed by atoms with van der Waals surface area (Å²) in [5.74, 6) is 0.00914. The Hall–Kier alpha value is -4.10. The van der Waals surface area contributed by atoms with E-state index in [1.807, 2.05) is 65.6 Å². The van der Waals surface area contributed by atoms with E-state index in [1.54, 1.807) is 25.3 Å². The molecule has 4 aromatic rings. The molecule has 0 spiro atoms. The molecule has 0 N–H and O–H groups in total. The van der Waals surface area contributed by atoms with Crippen molar-refractivity contribution in [3.8, 4) is 22.4 Å². The highest BCUT2D eigenvalue weighted by atomic mass is 16.2. The maximum Gasteiger partial charge on any atom is 0.253 e. The Labute approximate surface area is 211 Å². The molecule has 2 amide bonds. The van der Waals surface area contributed by atoms with Gasteiger partial charge in [-0.05, 0) is 54.6 Å². The number of hydrogen-bond donors (Lipinski definition) is 0. The molecule has 1 aliphatic rings. The van der Waals surface area contributed by atoms with E-state index in [1.165, 1.54) is 0 Å². The molecule has 1 aliphatic heterocycles. The van der Waals surface area contributed by atoms with E-state index in [0.717, 1.165) is 59.5 Å². The van der Waals surface area contributed by atoms with Gasteiger partial charge in [-0.15, -0.1) is 0 Å². The number of nitrogens with zero attached hydrogens (tertiary/aromatic N) is 5. The minimum absolute atomic E-state index is 0.0384. The molecule has 1 aromatic heterocycles. The van der Waals surface area contributed by atoms with Crippen molar-refractivity contribution in [1.82, 2.24) is 24.7 Å². The molecule has 2 heterocycles. The fourth-order valence-electron chi connectivity index (χ4n) is 4.55. The van der Waals surface area contributed by atoms with Gasteiger partial charge in [0.2, 0.25) is 0 Å². The zero-order valence-electron chi connectivity index (χ0n) is 20.8. The molecule has 36 heavy (non-hydrogen) atoms. The van der Waals surface area contributed by atoms with Crippen LogP contribution >= 0.6 is 0 Å². The third kappa shape index (κ3) is 4.70. The number of carbonyl (C=O) groups is 2. The van der Waals surface area contributed by atoms with Crippen LogP contribution < -0.4 is 0 Å². The third-order valence-electron chi connectivity index (χ3n) is 6.66. The smallest absolute Gasteiger partial charge is 0.253 e. The van der Waals surface area contributed by atoms with Crippen LogP contribution in [0.25, 0.3) is 33.3 Å². The molecule has 0 saturated carbocycles. The largest absolute Gasteiger partial charge is 0.345 e. The highest BCUT2D eigenvalue weighted by Gasteiger charge is 2.21. The maximum absolute atomic E-state index is 13.2. The number of rotatable bonds is 4. The van der Waals surface area contributed by atoms with Crippen LogP contribution in [0.4, 0.5) is 0 Å². The second-order valence-electron chi connectivity index (χ2n) is 9.41. The molecular formula is C29H29N5O2. The zero-order chi connectivity index (χ0) is 25.2. The van der Waals surface area contributed by atoms with Gasteiger partial charge < -0.3 is 14.7 Å². The normalized spacial score (nSPS) is 14.1. The van der Waals surface area contributed by atoms with Gasteiger partial charge in [-0.1, -0.05) is 30.3 Å². The molecular weight excluding hydrogens is 450 g/mol. The van der Waals surface area contributed by atoms with Crippen LogP contribution in [0.1, 0.15) is 20.7 Å². The number of fused-ring (bicyclic) bond motifs is 1. The highest BCUT2D eigenvalue weighted by molar-refractivity contribution is 5.99. The van der Waals surface area contributed by atoms with E-state index in [4.69, 9.17) is 0 Å². The highest BCUT2D eigenvalue weighted by Crippen LogP contribution is 2.31. The van der Waals surface area contributed by atoms with Crippen LogP contribution in [0, 0.1) is 0 Å². The molecule has 0 atom stereocenters. The summed E-state index contributed by atoms with van der Waals surface area (Å²) in [6.07, 6.45) is 1.56. The number of aromatic nitrogens is 2. The maximum atomic E-state index is 13.2. The average Bonchev–Trinajstić information content (AvgIpc) is 2.92. The minimum Gasteiger partial charge on any atom is -0.345 e. The first-order chi connectivity index (χ1) is 17.4. The summed E-state index contributed by atoms with van der Waals surface area (Å²) in [4.78, 5) is 40.4. The summed E-state index contributed by atoms with van der Waals surface area (Å²) in [6, 6.07) is 21.3. The van der Waals surface area contributed by atoms with Gasteiger partial charge in [0.1, 0.15) is 6.33 Å². The number of benzene rings is 3. The van der Waals surface area contributed by atoms with E-state index < -0.39 is 0 Å². The van der Waals surface area contributed by atoms with Gasteiger partial charge in [0.15, 0.2) is 0 Å². The molecule has 0 bridgehead atoms. The second kappa shape index (κ2) is 9.87. The number of carbonyl (C=O) groups excluding carboxylic acids is 2. The molecule has 7 heteroatoms. The van der Waals surface area contributed by atoms with Gasteiger partial charge in [-0.25, -0.2) is 9.97 Å². The standard InChI is InChI=1S/C29H29N5O2/c1-32(2)28(35)23-8-4-6-20(16-23)21-10-11-26-25(18-21)27(31-19-30-26)22-7-5-9-24(17-22)29(36)34-14-12-33(3)13-15-34/h4-11,16-19H,12-15H2,1-3H3. The van der Waals surface area contributed by atoms with Gasteiger partial charge in [0.05, 0.1) is 11.2 Å². The lowest BCUT2D eigenvalue weighted by Gasteiger charge is -2.32. The van der Waals surface area contributed by atoms with Gasteiger partial charge in [0.25, 0.3) is 11.8 Å². The Balaban J connectivity index is 1.52. The van der Waals surface area contributed by atoms with Gasteiger partial charge in [-0.3, -0.25) is 9.59 Å². The van der Waals surface area contributed by atoms with Crippen molar-refractivity contribution in [3.05, 3.63) is 84.2 Å². The molecule has 5 rings (SSSR count). The SMILES string of the molecule is CN1CCN(C(=O)c2cccc(-c3ncnc4ccc(-c5cccc(C(=O)N(C)C)c5)cc34)c2)CC1. The van der Waals surface area contributed by atoms with E-state index in [2.05, 4.69) is 28.0 Å². The zero-order valence-corrected chi connectivity index (χ0v) is 20.8. The van der Waals surface area contributed by atoms with Crippen molar-refractivity contribution < 1.29 is 9.59 Å². The molecule has 0 unspecified atom stereocenters. The Morgan fingerprint density at radius 2 is 1.44 bits per heavy atom. The van der Waals surface area contributed by atoms with Crippen LogP contribution in [0.3, 0.4) is 0 Å². The monoisotopic (exact) mass is 479 g/mol. The second-order valence-corrected chi connectivity index (χ2v) is 9.41. The Kier molecular flexibility index (Phi) is 6.48. The number of amides is 2. The lowest BCUT2D eigenvalue weighted by molar-refractivity contribution is 0.0664. The van der Waals surface area contributed by atoms with Crippen molar-refractivity contribution in [2.45, 2.75) is 0 Å². The van der Waals surface area contributed by atoms with Crippen molar-refractivity contribution in [3.63, 3.8) is 0 Å². The summed E-state index contributed by atoms with van der Waals surface area (Å²) in [6.45, 7) is 3.22. The van der Waals surface area contributed by atoms with Crippen molar-refractivity contribution in [2.75, 3.05) is 47.3 Å². The minimum atomic E-state index is -0.0384. The summed E-state index contributed by atoms with van der Waals surface area (Å²) < 4.78 is 0. The predicted molar refractivity (Wildman–Crippen MR) is 142 cm³/mol. The van der Waals surface area contributed by atoms with Crippen LogP contribution in [-0.2, 0) is 0 Å². The topological polar surface area (TPSA) is 69.6 Å². The van der Waals surface area contributed by atoms with Crippen LogP contribution in [-0.4, -0.2) is 83.8 Å². The Morgan fingerprint density at radius 3 is 2.19 bits per heavy atom. The van der Waals surface area contributed by atoms with Crippen molar-refractivity contribution >= 4 is 22.7 Å². The Morgan fingerprint density at radius 1 is 0.778 bits per heavy atom. The molecule has 7 nitrogen and oxygen atoms in total. The summed E-state index contributed by atoms with van der Waals surface area (Å²) in [5, 5.41) is 0.892. The summed E-state index contributed by atoms with van der Waals surface area (Å²) in [7, 11) is 5.57. The summed E-state index contributed by atoms with van der Waals surface area (Å²) >= 11 is 0. The molecule has 1 fully saturated rings. The van der Waals surface area contributed by atoms with Crippen molar-refractivity contribution in [1.29, 1.82) is 0 Å². The van der Waals surface area contributed by atoms with Crippen LogP contribution in [0.5, 0.6) is 0 Å². The molecule has 0 radical (unpaired) electrons. The van der Waals surface area contributed by atoms with E-state index in [-0.39, 0.29) is 11.8 Å². The van der Waals surface area contributed by atoms with Gasteiger partial charge >= 0.3 is 0 Å². The summed E-state index contributed by atoms with van der Waals surface area (Å²) in [5.41, 5.74) is 5.67. The Bertz CT molecular complexity index is 1440. The molecule has 0 aliphatic carbocycles. The first kappa shape index (κ1) is 23.6. The molecule has 3 aromatic carbocycles. The number of piperazine rings is 1. The fourth-order valence-corrected chi connectivity index (χ4v) is 4.55. The number of hydrogen-bond acceptors (Lipinski definition) is 5. The predicted octanol–water partition coefficient (Wildman–Crippen LogP) is 4.05. The van der Waals surface area contributed by atoms with Gasteiger partial charge in [-0.2, -0.15) is 0 Å². The molecule has 182 valence electrons. The van der Waals surface area contributed by atoms with E-state index >= 15 is 0 Å². The van der Waals surface area contributed by atoms with E-state index in [0.29, 0.717) is 11.1 Å². The fraction of sp³-hybridized carbons (Fsp3) is 0.241. The number of likely N-dealkylation sites (N-methyl/N-ethyl adjacent to an activating group) is 1. The third-order valence-corrected chi connectivity index (χ3v) is 6.66. The quantitative estimate of drug-likeness (QED) is 0.442. The van der Waals surface area contributed by atoms with Crippen LogP contribution in [0.2, 0.25) is 0 Å². The lowest BCUT2D eigenvalue weighted by atomic mass is 9.98. The first-order valence-electron chi connectivity index (χ1n) is 12.1. The average molecular weight is 480 g/mol. The molecule has 1 saturated heterocycles. The lowest BCUT2D eigenvalue weighted by Crippen LogP contribution is -2.47. The van der Waals surface area contributed by atoms with Crippen molar-refractivity contribution in [2.24, 2.45) is 0 Å². The van der Waals surface area contributed by atoms with Crippen LogP contribution in [0.15, 0.2) is 73.1 Å². The van der Waals surface area contributed by atoms with E-state index in [9.17, 15) is 9.59 Å².